The Morgan fingerprint density at radius 2 is 1.65 bits per heavy atom. The number of aryl methyl sites for hydroxylation is 1. The van der Waals surface area contributed by atoms with Crippen molar-refractivity contribution >= 4 is 11.8 Å². The van der Waals surface area contributed by atoms with E-state index >= 15 is 0 Å². The molecule has 1 aliphatic carbocycles. The number of carbonyl (C=O) groups excluding carboxylic acids is 2. The maximum absolute atomic E-state index is 14.0. The molecule has 1 aliphatic heterocycles. The average Bonchev–Trinajstić information content (AvgIpc) is 3.51. The van der Waals surface area contributed by atoms with Crippen LogP contribution in [0.5, 0.6) is 17.2 Å². The van der Waals surface area contributed by atoms with Gasteiger partial charge in [0.1, 0.15) is 25.0 Å². The molecule has 0 bridgehead atoms. The van der Waals surface area contributed by atoms with Crippen molar-refractivity contribution in [3.63, 3.8) is 0 Å². The molecule has 0 saturated heterocycles. The smallest absolute Gasteiger partial charge is 0.243 e. The van der Waals surface area contributed by atoms with Crippen LogP contribution in [0.25, 0.3) is 0 Å². The number of fused-ring (bicyclic) bond motifs is 1. The largest absolute Gasteiger partial charge is 0.497 e. The first-order chi connectivity index (χ1) is 19.6. The number of ether oxygens (including phenoxy) is 3. The molecule has 210 valence electrons. The van der Waals surface area contributed by atoms with E-state index in [1.807, 2.05) is 72.8 Å². The van der Waals surface area contributed by atoms with Gasteiger partial charge in [0.05, 0.1) is 7.11 Å². The van der Waals surface area contributed by atoms with Gasteiger partial charge in [0.25, 0.3) is 0 Å². The molecular formula is C33H38N2O5. The van der Waals surface area contributed by atoms with Crippen LogP contribution in [0.4, 0.5) is 0 Å². The maximum Gasteiger partial charge on any atom is 0.243 e. The van der Waals surface area contributed by atoms with Gasteiger partial charge in [-0.25, -0.2) is 0 Å². The quantitative estimate of drug-likeness (QED) is 0.365. The molecule has 3 aromatic rings. The Hall–Kier alpha value is -4.00. The maximum atomic E-state index is 14.0. The van der Waals surface area contributed by atoms with E-state index in [-0.39, 0.29) is 24.3 Å². The average molecular weight is 543 g/mol. The minimum atomic E-state index is -0.637. The predicted molar refractivity (Wildman–Crippen MR) is 154 cm³/mol. The van der Waals surface area contributed by atoms with Crippen LogP contribution < -0.4 is 19.5 Å². The number of hydrogen-bond donors (Lipinski definition) is 1. The zero-order chi connectivity index (χ0) is 27.7. The zero-order valence-electron chi connectivity index (χ0n) is 23.1. The van der Waals surface area contributed by atoms with E-state index in [9.17, 15) is 9.59 Å². The summed E-state index contributed by atoms with van der Waals surface area (Å²) in [5.41, 5.74) is 2.93. The second-order valence-electron chi connectivity index (χ2n) is 10.5. The van der Waals surface area contributed by atoms with E-state index in [0.29, 0.717) is 38.3 Å². The molecule has 0 spiro atoms. The van der Waals surface area contributed by atoms with Crippen LogP contribution in [0.1, 0.15) is 48.8 Å². The van der Waals surface area contributed by atoms with Crippen molar-refractivity contribution in [1.82, 2.24) is 10.2 Å². The van der Waals surface area contributed by atoms with Crippen molar-refractivity contribution < 1.29 is 23.8 Å². The molecule has 40 heavy (non-hydrogen) atoms. The second-order valence-corrected chi connectivity index (χ2v) is 10.5. The highest BCUT2D eigenvalue weighted by Crippen LogP contribution is 2.31. The van der Waals surface area contributed by atoms with Gasteiger partial charge >= 0.3 is 0 Å². The fourth-order valence-corrected chi connectivity index (χ4v) is 5.53. The van der Waals surface area contributed by atoms with E-state index in [4.69, 9.17) is 14.2 Å². The molecular weight excluding hydrogens is 504 g/mol. The van der Waals surface area contributed by atoms with Crippen molar-refractivity contribution in [1.29, 1.82) is 0 Å². The summed E-state index contributed by atoms with van der Waals surface area (Å²) in [6.45, 7) is 1.36. The third kappa shape index (κ3) is 7.14. The van der Waals surface area contributed by atoms with Crippen LogP contribution in [0.3, 0.4) is 0 Å². The SMILES string of the molecule is COc1cccc(CN(C(=O)CCc2ccc3c(c2)OCCO3)[C@@H](Cc2ccccc2)C(=O)NC2CCCC2)c1. The molecule has 0 unspecified atom stereocenters. The lowest BCUT2D eigenvalue weighted by Crippen LogP contribution is -2.52. The summed E-state index contributed by atoms with van der Waals surface area (Å²) in [6.07, 6.45) is 5.46. The van der Waals surface area contributed by atoms with Crippen LogP contribution in [-0.2, 0) is 29.0 Å². The fraction of sp³-hybridized carbons (Fsp3) is 0.394. The first kappa shape index (κ1) is 27.6. The molecule has 1 N–H and O–H groups in total. The second kappa shape index (κ2) is 13.4. The van der Waals surface area contributed by atoms with Crippen molar-refractivity contribution in [2.75, 3.05) is 20.3 Å². The van der Waals surface area contributed by atoms with E-state index < -0.39 is 6.04 Å². The minimum Gasteiger partial charge on any atom is -0.497 e. The molecule has 1 atom stereocenters. The Bertz CT molecular complexity index is 1290. The number of rotatable bonds is 11. The Morgan fingerprint density at radius 3 is 2.42 bits per heavy atom. The molecule has 0 aromatic heterocycles. The number of methoxy groups -OCH3 is 1. The standard InChI is InChI=1S/C33H38N2O5/c1-38-28-13-7-10-26(20-28)23-35(32(36)17-15-25-14-16-30-31(22-25)40-19-18-39-30)29(21-24-8-3-2-4-9-24)33(37)34-27-11-5-6-12-27/h2-4,7-10,13-14,16,20,22,27,29H,5-6,11-12,15,17-19,21,23H2,1H3,(H,34,37)/t29-/m0/s1. The molecule has 3 aromatic carbocycles. The van der Waals surface area contributed by atoms with Crippen molar-refractivity contribution in [2.45, 2.75) is 63.6 Å². The summed E-state index contributed by atoms with van der Waals surface area (Å²) < 4.78 is 16.8. The summed E-state index contributed by atoms with van der Waals surface area (Å²) in [5.74, 6) is 2.00. The number of amides is 2. The summed E-state index contributed by atoms with van der Waals surface area (Å²) >= 11 is 0. The van der Waals surface area contributed by atoms with Gasteiger partial charge in [-0.05, 0) is 60.2 Å². The van der Waals surface area contributed by atoms with Gasteiger partial charge < -0.3 is 24.4 Å². The Morgan fingerprint density at radius 1 is 0.900 bits per heavy atom. The van der Waals surface area contributed by atoms with Crippen LogP contribution in [0.2, 0.25) is 0 Å². The zero-order valence-corrected chi connectivity index (χ0v) is 23.1. The third-order valence-corrected chi connectivity index (χ3v) is 7.69. The lowest BCUT2D eigenvalue weighted by molar-refractivity contribution is -0.141. The molecule has 7 heteroatoms. The normalized spacial score (nSPS) is 15.3. The highest BCUT2D eigenvalue weighted by atomic mass is 16.6. The first-order valence-corrected chi connectivity index (χ1v) is 14.2. The first-order valence-electron chi connectivity index (χ1n) is 14.2. The van der Waals surface area contributed by atoms with Gasteiger partial charge in [-0.1, -0.05) is 61.4 Å². The van der Waals surface area contributed by atoms with E-state index in [2.05, 4.69) is 5.32 Å². The molecule has 1 fully saturated rings. The van der Waals surface area contributed by atoms with Crippen molar-refractivity contribution in [2.24, 2.45) is 0 Å². The molecule has 0 radical (unpaired) electrons. The van der Waals surface area contributed by atoms with Crippen LogP contribution >= 0.6 is 0 Å². The van der Waals surface area contributed by atoms with Gasteiger partial charge in [-0.15, -0.1) is 0 Å². The number of nitrogens with zero attached hydrogens (tertiary/aromatic N) is 1. The van der Waals surface area contributed by atoms with Gasteiger partial charge in [0, 0.05) is 25.4 Å². The van der Waals surface area contributed by atoms with E-state index in [1.165, 1.54) is 0 Å². The van der Waals surface area contributed by atoms with Gasteiger partial charge in [-0.3, -0.25) is 9.59 Å². The Kier molecular flexibility index (Phi) is 9.22. The summed E-state index contributed by atoms with van der Waals surface area (Å²) in [7, 11) is 1.63. The molecule has 1 saturated carbocycles. The molecule has 5 rings (SSSR count). The lowest BCUT2D eigenvalue weighted by Gasteiger charge is -2.32. The molecule has 1 heterocycles. The number of benzene rings is 3. The summed E-state index contributed by atoms with van der Waals surface area (Å²) in [4.78, 5) is 29.6. The van der Waals surface area contributed by atoms with Gasteiger partial charge in [0.2, 0.25) is 11.8 Å². The van der Waals surface area contributed by atoms with Crippen LogP contribution in [0, 0.1) is 0 Å². The Labute approximate surface area is 236 Å². The van der Waals surface area contributed by atoms with Crippen LogP contribution in [0.15, 0.2) is 72.8 Å². The monoisotopic (exact) mass is 542 g/mol. The highest BCUT2D eigenvalue weighted by Gasteiger charge is 2.32. The van der Waals surface area contributed by atoms with Crippen LogP contribution in [-0.4, -0.2) is 49.1 Å². The number of nitrogens with one attached hydrogen (secondary N) is 1. The number of hydrogen-bond acceptors (Lipinski definition) is 5. The summed E-state index contributed by atoms with van der Waals surface area (Å²) in [5, 5.41) is 3.26. The third-order valence-electron chi connectivity index (χ3n) is 7.69. The predicted octanol–water partition coefficient (Wildman–Crippen LogP) is 5.10. The topological polar surface area (TPSA) is 77.1 Å². The lowest BCUT2D eigenvalue weighted by atomic mass is 10.0. The summed E-state index contributed by atoms with van der Waals surface area (Å²) in [6, 6.07) is 23.0. The Balaban J connectivity index is 1.40. The fourth-order valence-electron chi connectivity index (χ4n) is 5.53. The number of carbonyl (C=O) groups is 2. The van der Waals surface area contributed by atoms with Crippen molar-refractivity contribution in [3.05, 3.63) is 89.5 Å². The molecule has 2 aliphatic rings. The van der Waals surface area contributed by atoms with Crippen molar-refractivity contribution in [3.8, 4) is 17.2 Å². The minimum absolute atomic E-state index is 0.0692. The highest BCUT2D eigenvalue weighted by molar-refractivity contribution is 5.88. The van der Waals surface area contributed by atoms with E-state index in [1.54, 1.807) is 12.0 Å². The van der Waals surface area contributed by atoms with Gasteiger partial charge in [0.15, 0.2) is 11.5 Å². The molecule has 2 amide bonds. The van der Waals surface area contributed by atoms with Gasteiger partial charge in [-0.2, -0.15) is 0 Å². The van der Waals surface area contributed by atoms with E-state index in [0.717, 1.165) is 53.9 Å². The molecule has 7 nitrogen and oxygen atoms in total.